The summed E-state index contributed by atoms with van der Waals surface area (Å²) < 4.78 is 1.50. The number of amides is 1. The molecule has 130 valence electrons. The average molecular weight is 367 g/mol. The second kappa shape index (κ2) is 5.89. The van der Waals surface area contributed by atoms with E-state index >= 15 is 0 Å². The number of benzene rings is 2. The molecule has 0 aliphatic heterocycles. The number of aryl methyl sites for hydroxylation is 1. The van der Waals surface area contributed by atoms with Gasteiger partial charge in [-0.25, -0.2) is 4.68 Å². The molecule has 0 bridgehead atoms. The van der Waals surface area contributed by atoms with Crippen molar-refractivity contribution in [2.75, 3.05) is 5.73 Å². The van der Waals surface area contributed by atoms with E-state index in [2.05, 4.69) is 15.3 Å². The predicted octanol–water partition coefficient (Wildman–Crippen LogP) is 3.06. The zero-order chi connectivity index (χ0) is 18.4. The number of hydrogen-bond donors (Lipinski definition) is 3. The Morgan fingerprint density at radius 1 is 1.19 bits per heavy atom. The molecule has 5 N–H and O–H groups in total. The van der Waals surface area contributed by atoms with Gasteiger partial charge in [0.25, 0.3) is 5.91 Å². The first-order valence-corrected chi connectivity index (χ1v) is 8.24. The van der Waals surface area contributed by atoms with Crippen molar-refractivity contribution in [3.8, 4) is 16.9 Å². The summed E-state index contributed by atoms with van der Waals surface area (Å²) in [5.41, 5.74) is 15.5. The summed E-state index contributed by atoms with van der Waals surface area (Å²) in [5, 5.41) is 12.5. The summed E-state index contributed by atoms with van der Waals surface area (Å²) in [5.74, 6) is -0.486. The number of nitrogens with zero attached hydrogens (tertiary/aromatic N) is 3. The topological polar surface area (TPSA) is 116 Å². The quantitative estimate of drug-likeness (QED) is 0.516. The van der Waals surface area contributed by atoms with Crippen LogP contribution in [-0.2, 0) is 0 Å². The summed E-state index contributed by atoms with van der Waals surface area (Å²) in [7, 11) is 0. The summed E-state index contributed by atoms with van der Waals surface area (Å²) >= 11 is 6.26. The second-order valence-corrected chi connectivity index (χ2v) is 6.28. The molecule has 0 aliphatic carbocycles. The number of anilines is 1. The highest BCUT2D eigenvalue weighted by Gasteiger charge is 2.24. The van der Waals surface area contributed by atoms with E-state index in [1.807, 2.05) is 49.4 Å². The van der Waals surface area contributed by atoms with Crippen molar-refractivity contribution >= 4 is 34.2 Å². The average Bonchev–Trinajstić information content (AvgIpc) is 3.17. The van der Waals surface area contributed by atoms with Crippen LogP contribution in [0.2, 0.25) is 5.15 Å². The zero-order valence-electron chi connectivity index (χ0n) is 13.8. The lowest BCUT2D eigenvalue weighted by Crippen LogP contribution is -2.14. The SMILES string of the molecule is Cc1ccc2[nH]nc(Cl)c2c1-n1nc(-c2ccccc2)c(C(N)=O)c1N. The number of carbonyl (C=O) groups is 1. The van der Waals surface area contributed by atoms with Crippen LogP contribution in [0.15, 0.2) is 42.5 Å². The predicted molar refractivity (Wildman–Crippen MR) is 101 cm³/mol. The van der Waals surface area contributed by atoms with Gasteiger partial charge in [0.15, 0.2) is 5.15 Å². The Kier molecular flexibility index (Phi) is 3.66. The van der Waals surface area contributed by atoms with E-state index in [4.69, 9.17) is 23.1 Å². The minimum atomic E-state index is -0.643. The van der Waals surface area contributed by atoms with Crippen LogP contribution in [0.1, 0.15) is 15.9 Å². The minimum Gasteiger partial charge on any atom is -0.383 e. The number of H-pyrrole nitrogens is 1. The van der Waals surface area contributed by atoms with Crippen LogP contribution in [0.5, 0.6) is 0 Å². The van der Waals surface area contributed by atoms with E-state index in [1.165, 1.54) is 4.68 Å². The summed E-state index contributed by atoms with van der Waals surface area (Å²) in [4.78, 5) is 12.1. The number of primary amides is 1. The maximum Gasteiger partial charge on any atom is 0.254 e. The van der Waals surface area contributed by atoms with Crippen LogP contribution in [0, 0.1) is 6.92 Å². The lowest BCUT2D eigenvalue weighted by molar-refractivity contribution is 0.100. The van der Waals surface area contributed by atoms with Crippen molar-refractivity contribution in [2.45, 2.75) is 6.92 Å². The highest BCUT2D eigenvalue weighted by Crippen LogP contribution is 2.35. The molecule has 2 heterocycles. The fraction of sp³-hybridized carbons (Fsp3) is 0.0556. The molecule has 4 aromatic rings. The van der Waals surface area contributed by atoms with Crippen molar-refractivity contribution in [1.82, 2.24) is 20.0 Å². The highest BCUT2D eigenvalue weighted by atomic mass is 35.5. The lowest BCUT2D eigenvalue weighted by atomic mass is 10.1. The fourth-order valence-corrected chi connectivity index (χ4v) is 3.31. The number of aromatic amines is 1. The van der Waals surface area contributed by atoms with Crippen molar-refractivity contribution in [1.29, 1.82) is 0 Å². The number of carbonyl (C=O) groups excluding carboxylic acids is 1. The van der Waals surface area contributed by atoms with Crippen LogP contribution >= 0.6 is 11.6 Å². The molecule has 0 radical (unpaired) electrons. The summed E-state index contributed by atoms with van der Waals surface area (Å²) in [6.07, 6.45) is 0. The maximum atomic E-state index is 12.1. The normalized spacial score (nSPS) is 11.2. The van der Waals surface area contributed by atoms with E-state index in [-0.39, 0.29) is 11.4 Å². The Morgan fingerprint density at radius 2 is 1.92 bits per heavy atom. The van der Waals surface area contributed by atoms with Crippen LogP contribution in [0.3, 0.4) is 0 Å². The smallest absolute Gasteiger partial charge is 0.254 e. The molecular weight excluding hydrogens is 352 g/mol. The van der Waals surface area contributed by atoms with Gasteiger partial charge >= 0.3 is 0 Å². The van der Waals surface area contributed by atoms with Crippen molar-refractivity contribution < 1.29 is 4.79 Å². The largest absolute Gasteiger partial charge is 0.383 e. The lowest BCUT2D eigenvalue weighted by Gasteiger charge is -2.09. The van der Waals surface area contributed by atoms with Crippen LogP contribution in [0.4, 0.5) is 5.82 Å². The Labute approximate surface area is 153 Å². The van der Waals surface area contributed by atoms with Gasteiger partial charge in [0, 0.05) is 5.56 Å². The number of nitrogen functional groups attached to an aromatic ring is 1. The van der Waals surface area contributed by atoms with Gasteiger partial charge in [-0.05, 0) is 18.6 Å². The first kappa shape index (κ1) is 16.2. The highest BCUT2D eigenvalue weighted by molar-refractivity contribution is 6.35. The van der Waals surface area contributed by atoms with Crippen LogP contribution < -0.4 is 11.5 Å². The summed E-state index contributed by atoms with van der Waals surface area (Å²) in [6, 6.07) is 13.1. The molecule has 0 saturated carbocycles. The number of hydrogen-bond acceptors (Lipinski definition) is 4. The molecule has 1 amide bonds. The number of nitrogens with one attached hydrogen (secondary N) is 1. The molecule has 26 heavy (non-hydrogen) atoms. The molecule has 0 saturated heterocycles. The van der Waals surface area contributed by atoms with Gasteiger partial charge in [-0.1, -0.05) is 48.0 Å². The maximum absolute atomic E-state index is 12.1. The zero-order valence-corrected chi connectivity index (χ0v) is 14.6. The van der Waals surface area contributed by atoms with Gasteiger partial charge in [0.05, 0.1) is 16.6 Å². The summed E-state index contributed by atoms with van der Waals surface area (Å²) in [6.45, 7) is 1.91. The molecule has 0 spiro atoms. The van der Waals surface area contributed by atoms with E-state index in [0.717, 1.165) is 16.6 Å². The van der Waals surface area contributed by atoms with Gasteiger partial charge < -0.3 is 11.5 Å². The number of nitrogens with two attached hydrogens (primary N) is 2. The fourth-order valence-electron chi connectivity index (χ4n) is 3.08. The molecule has 4 rings (SSSR count). The van der Waals surface area contributed by atoms with E-state index in [1.54, 1.807) is 0 Å². The van der Waals surface area contributed by atoms with Crippen molar-refractivity contribution in [3.05, 3.63) is 58.7 Å². The Hall–Kier alpha value is -3.32. The standard InChI is InChI=1S/C18H15ClN6O/c1-9-7-8-11-12(16(19)23-22-11)15(9)25-17(20)13(18(21)26)14(24-25)10-5-3-2-4-6-10/h2-8H,20H2,1H3,(H2,21,26)(H,22,23). The molecular formula is C18H15ClN6O. The Balaban J connectivity index is 2.08. The third kappa shape index (κ3) is 2.33. The van der Waals surface area contributed by atoms with Gasteiger partial charge in [-0.2, -0.15) is 10.2 Å². The second-order valence-electron chi connectivity index (χ2n) is 5.92. The first-order valence-electron chi connectivity index (χ1n) is 7.86. The Morgan fingerprint density at radius 3 is 2.62 bits per heavy atom. The minimum absolute atomic E-state index is 0.157. The van der Waals surface area contributed by atoms with Gasteiger partial charge in [0.2, 0.25) is 0 Å². The number of fused-ring (bicyclic) bond motifs is 1. The molecule has 2 aromatic heterocycles. The molecule has 7 nitrogen and oxygen atoms in total. The third-order valence-corrected chi connectivity index (χ3v) is 4.56. The molecule has 0 aliphatic rings. The van der Waals surface area contributed by atoms with Gasteiger partial charge in [0.1, 0.15) is 17.1 Å². The molecule has 0 unspecified atom stereocenters. The van der Waals surface area contributed by atoms with Crippen LogP contribution in [0.25, 0.3) is 27.8 Å². The van der Waals surface area contributed by atoms with E-state index in [9.17, 15) is 4.79 Å². The van der Waals surface area contributed by atoms with E-state index in [0.29, 0.717) is 21.9 Å². The molecule has 2 aromatic carbocycles. The first-order chi connectivity index (χ1) is 12.5. The number of halogens is 1. The van der Waals surface area contributed by atoms with Crippen molar-refractivity contribution in [2.24, 2.45) is 5.73 Å². The molecule has 0 atom stereocenters. The van der Waals surface area contributed by atoms with Crippen LogP contribution in [-0.4, -0.2) is 25.9 Å². The number of aromatic nitrogens is 4. The van der Waals surface area contributed by atoms with Gasteiger partial charge in [-0.15, -0.1) is 0 Å². The third-order valence-electron chi connectivity index (χ3n) is 4.29. The number of rotatable bonds is 3. The van der Waals surface area contributed by atoms with Crippen molar-refractivity contribution in [3.63, 3.8) is 0 Å². The van der Waals surface area contributed by atoms with E-state index < -0.39 is 5.91 Å². The molecule has 8 heteroatoms. The molecule has 0 fully saturated rings. The van der Waals surface area contributed by atoms with Gasteiger partial charge in [-0.3, -0.25) is 9.89 Å². The monoisotopic (exact) mass is 366 g/mol. The Bertz CT molecular complexity index is 1150.